The minimum atomic E-state index is -3.39. The number of rotatable bonds is 3. The highest BCUT2D eigenvalue weighted by Crippen LogP contribution is 2.54. The third-order valence-corrected chi connectivity index (χ3v) is 7.68. The molecule has 0 amide bonds. The number of anilines is 2. The van der Waals surface area contributed by atoms with Gasteiger partial charge in [0.05, 0.1) is 5.69 Å². The average molecular weight is 409 g/mol. The Bertz CT molecular complexity index is 1130. The molecule has 2 aromatic carbocycles. The summed E-state index contributed by atoms with van der Waals surface area (Å²) >= 11 is 0. The van der Waals surface area contributed by atoms with Crippen LogP contribution < -0.4 is 10.2 Å². The van der Waals surface area contributed by atoms with Gasteiger partial charge in [-0.25, -0.2) is 8.42 Å². The maximum Gasteiger partial charge on any atom is 0.169 e. The van der Waals surface area contributed by atoms with E-state index in [9.17, 15) is 8.42 Å². The van der Waals surface area contributed by atoms with E-state index >= 15 is 0 Å². The van der Waals surface area contributed by atoms with E-state index in [1.54, 1.807) is 0 Å². The minimum Gasteiger partial charge on any atom is -0.317 e. The van der Waals surface area contributed by atoms with Crippen molar-refractivity contribution < 1.29 is 8.42 Å². The van der Waals surface area contributed by atoms with Crippen molar-refractivity contribution in [3.8, 4) is 11.3 Å². The standard InChI is InChI=1S/C22H24N4O2S/c1-29(27,28)21-22(11-13-23-14-12-22)17-9-5-6-10-19(17)26(21)20-15-18(24-25-20)16-7-3-2-4-8-16/h2-10,15,21,23H,11-14H2,1H3,(H,24,25). The normalized spacial score (nSPS) is 20.7. The quantitative estimate of drug-likeness (QED) is 0.696. The molecule has 150 valence electrons. The van der Waals surface area contributed by atoms with Crippen LogP contribution in [-0.4, -0.2) is 43.3 Å². The summed E-state index contributed by atoms with van der Waals surface area (Å²) in [4.78, 5) is 1.93. The largest absolute Gasteiger partial charge is 0.317 e. The fourth-order valence-corrected chi connectivity index (χ4v) is 6.83. The highest BCUT2D eigenvalue weighted by Gasteiger charge is 2.56. The first-order valence-electron chi connectivity index (χ1n) is 9.90. The van der Waals surface area contributed by atoms with Crippen LogP contribution in [0.4, 0.5) is 11.5 Å². The number of piperidine rings is 1. The molecule has 2 N–H and O–H groups in total. The summed E-state index contributed by atoms with van der Waals surface area (Å²) in [5, 5.41) is 10.3. The maximum absolute atomic E-state index is 13.1. The van der Waals surface area contributed by atoms with E-state index in [0.29, 0.717) is 5.82 Å². The number of aromatic amines is 1. The van der Waals surface area contributed by atoms with E-state index < -0.39 is 20.6 Å². The van der Waals surface area contributed by atoms with Gasteiger partial charge in [0, 0.05) is 23.4 Å². The van der Waals surface area contributed by atoms with Crippen molar-refractivity contribution in [2.24, 2.45) is 0 Å². The van der Waals surface area contributed by atoms with Crippen LogP contribution in [0.5, 0.6) is 0 Å². The summed E-state index contributed by atoms with van der Waals surface area (Å²) < 4.78 is 26.3. The fraction of sp³-hybridized carbons (Fsp3) is 0.318. The van der Waals surface area contributed by atoms with Gasteiger partial charge in [0.25, 0.3) is 0 Å². The molecule has 0 radical (unpaired) electrons. The summed E-state index contributed by atoms with van der Waals surface area (Å²) in [7, 11) is -3.39. The van der Waals surface area contributed by atoms with E-state index in [1.807, 2.05) is 59.5 Å². The molecule has 0 bridgehead atoms. The number of H-pyrrole nitrogens is 1. The second-order valence-electron chi connectivity index (χ2n) is 7.98. The Hall–Kier alpha value is -2.64. The van der Waals surface area contributed by atoms with Crippen LogP contribution in [0, 0.1) is 0 Å². The Morgan fingerprint density at radius 2 is 1.72 bits per heavy atom. The van der Waals surface area contributed by atoms with E-state index in [2.05, 4.69) is 21.6 Å². The zero-order valence-corrected chi connectivity index (χ0v) is 17.1. The van der Waals surface area contributed by atoms with Crippen LogP contribution in [-0.2, 0) is 15.3 Å². The van der Waals surface area contributed by atoms with Crippen LogP contribution in [0.2, 0.25) is 0 Å². The van der Waals surface area contributed by atoms with Gasteiger partial charge >= 0.3 is 0 Å². The zero-order chi connectivity index (χ0) is 20.1. The molecule has 3 heterocycles. The number of hydrogen-bond donors (Lipinski definition) is 2. The zero-order valence-electron chi connectivity index (χ0n) is 16.3. The molecule has 1 spiro atoms. The summed E-state index contributed by atoms with van der Waals surface area (Å²) in [5.74, 6) is 0.641. The Balaban J connectivity index is 1.68. The molecule has 7 heteroatoms. The predicted octanol–water partition coefficient (Wildman–Crippen LogP) is 3.22. The number of sulfone groups is 1. The second-order valence-corrected chi connectivity index (χ2v) is 10.1. The van der Waals surface area contributed by atoms with Gasteiger partial charge in [-0.3, -0.25) is 5.10 Å². The first kappa shape index (κ1) is 18.4. The third kappa shape index (κ3) is 2.88. The molecule has 1 aromatic heterocycles. The first-order chi connectivity index (χ1) is 14.0. The second kappa shape index (κ2) is 6.71. The highest BCUT2D eigenvalue weighted by molar-refractivity contribution is 7.91. The lowest BCUT2D eigenvalue weighted by Crippen LogP contribution is -2.52. The molecule has 2 aliphatic rings. The van der Waals surface area contributed by atoms with Gasteiger partial charge < -0.3 is 10.2 Å². The van der Waals surface area contributed by atoms with Gasteiger partial charge in [-0.05, 0) is 43.1 Å². The van der Waals surface area contributed by atoms with E-state index in [0.717, 1.165) is 48.4 Å². The SMILES string of the molecule is CS(=O)(=O)C1N(c2cc(-c3ccccc3)[nH]n2)c2ccccc2C12CCNCC2. The Morgan fingerprint density at radius 3 is 2.45 bits per heavy atom. The Labute approximate surface area is 170 Å². The number of aromatic nitrogens is 2. The van der Waals surface area contributed by atoms with Crippen LogP contribution in [0.25, 0.3) is 11.3 Å². The predicted molar refractivity (Wildman–Crippen MR) is 115 cm³/mol. The number of hydrogen-bond acceptors (Lipinski definition) is 5. The topological polar surface area (TPSA) is 78.1 Å². The number of nitrogens with one attached hydrogen (secondary N) is 2. The first-order valence-corrected chi connectivity index (χ1v) is 11.9. The molecule has 6 nitrogen and oxygen atoms in total. The third-order valence-electron chi connectivity index (χ3n) is 6.20. The summed E-state index contributed by atoms with van der Waals surface area (Å²) in [6, 6.07) is 20.0. The molecule has 2 aliphatic heterocycles. The fourth-order valence-electron chi connectivity index (χ4n) is 5.05. The number of fused-ring (bicyclic) bond motifs is 2. The van der Waals surface area contributed by atoms with Crippen LogP contribution >= 0.6 is 0 Å². The highest BCUT2D eigenvalue weighted by atomic mass is 32.2. The molecule has 0 saturated carbocycles. The van der Waals surface area contributed by atoms with Crippen molar-refractivity contribution in [2.45, 2.75) is 23.6 Å². The van der Waals surface area contributed by atoms with Gasteiger partial charge in [0.1, 0.15) is 5.37 Å². The molecule has 5 rings (SSSR count). The molecular weight excluding hydrogens is 384 g/mol. The maximum atomic E-state index is 13.1. The van der Waals surface area contributed by atoms with E-state index in [1.165, 1.54) is 6.26 Å². The van der Waals surface area contributed by atoms with Crippen molar-refractivity contribution in [1.29, 1.82) is 0 Å². The molecular formula is C22H24N4O2S. The Morgan fingerprint density at radius 1 is 1.03 bits per heavy atom. The van der Waals surface area contributed by atoms with Gasteiger partial charge in [0.15, 0.2) is 15.7 Å². The average Bonchev–Trinajstić information content (AvgIpc) is 3.31. The van der Waals surface area contributed by atoms with E-state index in [4.69, 9.17) is 0 Å². The number of benzene rings is 2. The lowest BCUT2D eigenvalue weighted by molar-refractivity contribution is 0.308. The van der Waals surface area contributed by atoms with Gasteiger partial charge in [-0.1, -0.05) is 48.5 Å². The van der Waals surface area contributed by atoms with E-state index in [-0.39, 0.29) is 0 Å². The number of nitrogens with zero attached hydrogens (tertiary/aromatic N) is 2. The van der Waals surface area contributed by atoms with Gasteiger partial charge in [-0.15, -0.1) is 0 Å². The molecule has 1 fully saturated rings. The summed E-state index contributed by atoms with van der Waals surface area (Å²) in [6.07, 6.45) is 2.92. The lowest BCUT2D eigenvalue weighted by atomic mass is 9.74. The van der Waals surface area contributed by atoms with Crippen molar-refractivity contribution >= 4 is 21.3 Å². The molecule has 1 unspecified atom stereocenters. The monoisotopic (exact) mass is 408 g/mol. The Kier molecular flexibility index (Phi) is 4.26. The van der Waals surface area contributed by atoms with Crippen LogP contribution in [0.1, 0.15) is 18.4 Å². The number of para-hydroxylation sites is 1. The molecule has 29 heavy (non-hydrogen) atoms. The van der Waals surface area contributed by atoms with Crippen LogP contribution in [0.15, 0.2) is 60.7 Å². The lowest BCUT2D eigenvalue weighted by Gasteiger charge is -2.40. The van der Waals surface area contributed by atoms with Crippen molar-refractivity contribution in [3.05, 3.63) is 66.2 Å². The summed E-state index contributed by atoms with van der Waals surface area (Å²) in [6.45, 7) is 1.62. The smallest absolute Gasteiger partial charge is 0.169 e. The van der Waals surface area contributed by atoms with Crippen molar-refractivity contribution in [1.82, 2.24) is 15.5 Å². The van der Waals surface area contributed by atoms with Crippen molar-refractivity contribution in [3.63, 3.8) is 0 Å². The van der Waals surface area contributed by atoms with Gasteiger partial charge in [-0.2, -0.15) is 5.10 Å². The van der Waals surface area contributed by atoms with Crippen molar-refractivity contribution in [2.75, 3.05) is 24.2 Å². The molecule has 1 atom stereocenters. The molecule has 1 saturated heterocycles. The minimum absolute atomic E-state index is 0.429. The summed E-state index contributed by atoms with van der Waals surface area (Å²) in [5.41, 5.74) is 3.52. The molecule has 0 aliphatic carbocycles. The molecule has 3 aromatic rings. The van der Waals surface area contributed by atoms with Gasteiger partial charge in [0.2, 0.25) is 0 Å². The van der Waals surface area contributed by atoms with Crippen LogP contribution in [0.3, 0.4) is 0 Å².